The highest BCUT2D eigenvalue weighted by Crippen LogP contribution is 2.35. The molecular formula is C15H14FNO. The van der Waals surface area contributed by atoms with Crippen LogP contribution in [0.5, 0.6) is 0 Å². The molecule has 2 unspecified atom stereocenters. The summed E-state index contributed by atoms with van der Waals surface area (Å²) in [5.74, 6) is -0.349. The van der Waals surface area contributed by atoms with Crippen molar-refractivity contribution < 1.29 is 9.50 Å². The van der Waals surface area contributed by atoms with Gasteiger partial charge in [-0.1, -0.05) is 18.2 Å². The van der Waals surface area contributed by atoms with E-state index in [-0.39, 0.29) is 11.7 Å². The number of aliphatic hydroxyl groups excluding tert-OH is 1. The Hall–Kier alpha value is -1.74. The molecule has 2 nitrogen and oxygen atoms in total. The van der Waals surface area contributed by atoms with Crippen LogP contribution in [0.15, 0.2) is 42.6 Å². The molecule has 0 amide bonds. The van der Waals surface area contributed by atoms with Crippen molar-refractivity contribution in [3.8, 4) is 0 Å². The summed E-state index contributed by atoms with van der Waals surface area (Å²) < 4.78 is 13.0. The Bertz CT molecular complexity index is 553. The summed E-state index contributed by atoms with van der Waals surface area (Å²) in [5.41, 5.74) is 3.04. The number of aromatic nitrogens is 1. The molecule has 0 saturated carbocycles. The van der Waals surface area contributed by atoms with Gasteiger partial charge in [-0.3, -0.25) is 4.98 Å². The summed E-state index contributed by atoms with van der Waals surface area (Å²) >= 11 is 0. The lowest BCUT2D eigenvalue weighted by atomic mass is 9.79. The van der Waals surface area contributed by atoms with Crippen molar-refractivity contribution in [2.24, 2.45) is 0 Å². The number of fused-ring (bicyclic) bond motifs is 1. The monoisotopic (exact) mass is 243 g/mol. The molecule has 18 heavy (non-hydrogen) atoms. The Morgan fingerprint density at radius 3 is 2.72 bits per heavy atom. The largest absolute Gasteiger partial charge is 0.392 e. The Kier molecular flexibility index (Phi) is 2.84. The van der Waals surface area contributed by atoms with E-state index in [4.69, 9.17) is 0 Å². The maximum Gasteiger partial charge on any atom is 0.123 e. The minimum atomic E-state index is -0.424. The second-order valence-corrected chi connectivity index (χ2v) is 4.67. The molecule has 0 aliphatic heterocycles. The molecule has 0 radical (unpaired) electrons. The first kappa shape index (κ1) is 11.4. The van der Waals surface area contributed by atoms with Crippen LogP contribution in [0.25, 0.3) is 0 Å². The van der Waals surface area contributed by atoms with Gasteiger partial charge in [-0.2, -0.15) is 0 Å². The second kappa shape index (κ2) is 4.50. The van der Waals surface area contributed by atoms with E-state index in [0.717, 1.165) is 23.2 Å². The van der Waals surface area contributed by atoms with E-state index >= 15 is 0 Å². The minimum Gasteiger partial charge on any atom is -0.392 e. The highest BCUT2D eigenvalue weighted by Gasteiger charge is 2.29. The van der Waals surface area contributed by atoms with Crippen LogP contribution in [0, 0.1) is 5.82 Å². The molecule has 3 rings (SSSR count). The van der Waals surface area contributed by atoms with Gasteiger partial charge in [-0.15, -0.1) is 0 Å². The van der Waals surface area contributed by atoms with Crippen molar-refractivity contribution in [2.45, 2.75) is 24.9 Å². The summed E-state index contributed by atoms with van der Waals surface area (Å²) in [6, 6.07) is 10.2. The molecule has 1 heterocycles. The van der Waals surface area contributed by atoms with Gasteiger partial charge in [0, 0.05) is 17.8 Å². The zero-order valence-corrected chi connectivity index (χ0v) is 9.88. The van der Waals surface area contributed by atoms with Crippen LogP contribution in [0.1, 0.15) is 29.2 Å². The number of pyridine rings is 1. The highest BCUT2D eigenvalue weighted by molar-refractivity contribution is 5.38. The smallest absolute Gasteiger partial charge is 0.123 e. The summed E-state index contributed by atoms with van der Waals surface area (Å²) in [4.78, 5) is 4.36. The molecule has 1 aliphatic rings. The third-order valence-corrected chi connectivity index (χ3v) is 3.55. The normalized spacial score (nSPS) is 22.6. The standard InChI is InChI=1S/C15H14FNO/c16-11-5-3-10(4-6-11)15-12-2-1-9-17-13(12)7-8-14(15)18/h1-6,9,14-15,18H,7-8H2. The van der Waals surface area contributed by atoms with Gasteiger partial charge >= 0.3 is 0 Å². The maximum absolute atomic E-state index is 13.0. The Morgan fingerprint density at radius 2 is 1.94 bits per heavy atom. The summed E-state index contributed by atoms with van der Waals surface area (Å²) in [6.07, 6.45) is 2.85. The molecule has 1 N–H and O–H groups in total. The van der Waals surface area contributed by atoms with E-state index in [1.54, 1.807) is 18.3 Å². The van der Waals surface area contributed by atoms with Crippen LogP contribution < -0.4 is 0 Å². The maximum atomic E-state index is 13.0. The predicted molar refractivity (Wildman–Crippen MR) is 66.8 cm³/mol. The van der Waals surface area contributed by atoms with Gasteiger partial charge in [-0.05, 0) is 42.2 Å². The average molecular weight is 243 g/mol. The first-order valence-electron chi connectivity index (χ1n) is 6.13. The average Bonchev–Trinajstić information content (AvgIpc) is 2.40. The minimum absolute atomic E-state index is 0.0944. The lowest BCUT2D eigenvalue weighted by molar-refractivity contribution is 0.139. The van der Waals surface area contributed by atoms with E-state index in [1.165, 1.54) is 12.1 Å². The number of rotatable bonds is 1. The first-order valence-corrected chi connectivity index (χ1v) is 6.13. The van der Waals surface area contributed by atoms with Gasteiger partial charge in [0.2, 0.25) is 0 Å². The molecule has 3 heteroatoms. The molecular weight excluding hydrogens is 229 g/mol. The first-order chi connectivity index (χ1) is 8.75. The van der Waals surface area contributed by atoms with Gasteiger partial charge in [0.05, 0.1) is 6.10 Å². The zero-order valence-electron chi connectivity index (χ0n) is 9.88. The zero-order chi connectivity index (χ0) is 12.5. The van der Waals surface area contributed by atoms with Crippen LogP contribution in [0.4, 0.5) is 4.39 Å². The predicted octanol–water partition coefficient (Wildman–Crippen LogP) is 2.66. The number of halogens is 1. The lowest BCUT2D eigenvalue weighted by Gasteiger charge is -2.29. The van der Waals surface area contributed by atoms with Crippen molar-refractivity contribution in [1.82, 2.24) is 4.98 Å². The van der Waals surface area contributed by atoms with Gasteiger partial charge in [0.25, 0.3) is 0 Å². The number of aliphatic hydroxyl groups is 1. The van der Waals surface area contributed by atoms with Gasteiger partial charge in [0.15, 0.2) is 0 Å². The highest BCUT2D eigenvalue weighted by atomic mass is 19.1. The molecule has 92 valence electrons. The van der Waals surface area contributed by atoms with Crippen LogP contribution in [-0.2, 0) is 6.42 Å². The van der Waals surface area contributed by atoms with Gasteiger partial charge in [0.1, 0.15) is 5.82 Å². The molecule has 2 atom stereocenters. The quantitative estimate of drug-likeness (QED) is 0.835. The fourth-order valence-electron chi connectivity index (χ4n) is 2.67. The molecule has 1 aromatic heterocycles. The fourth-order valence-corrected chi connectivity index (χ4v) is 2.67. The third-order valence-electron chi connectivity index (χ3n) is 3.55. The van der Waals surface area contributed by atoms with Crippen LogP contribution in [0.3, 0.4) is 0 Å². The summed E-state index contributed by atoms with van der Waals surface area (Å²) in [7, 11) is 0. The molecule has 1 aromatic carbocycles. The van der Waals surface area contributed by atoms with Crippen molar-refractivity contribution in [2.75, 3.05) is 0 Å². The van der Waals surface area contributed by atoms with E-state index in [0.29, 0.717) is 6.42 Å². The SMILES string of the molecule is OC1CCc2ncccc2C1c1ccc(F)cc1. The Labute approximate surface area is 105 Å². The molecule has 0 fully saturated rings. The molecule has 0 spiro atoms. The van der Waals surface area contributed by atoms with Crippen molar-refractivity contribution in [1.29, 1.82) is 0 Å². The number of benzene rings is 1. The number of aryl methyl sites for hydroxylation is 1. The molecule has 1 aliphatic carbocycles. The lowest BCUT2D eigenvalue weighted by Crippen LogP contribution is -2.26. The Morgan fingerprint density at radius 1 is 1.17 bits per heavy atom. The van der Waals surface area contributed by atoms with Crippen LogP contribution in [0.2, 0.25) is 0 Å². The number of nitrogens with zero attached hydrogens (tertiary/aromatic N) is 1. The van der Waals surface area contributed by atoms with Gasteiger partial charge in [-0.25, -0.2) is 4.39 Å². The third kappa shape index (κ3) is 1.91. The summed E-state index contributed by atoms with van der Waals surface area (Å²) in [6.45, 7) is 0. The molecule has 0 saturated heterocycles. The van der Waals surface area contributed by atoms with E-state index in [9.17, 15) is 9.50 Å². The fraction of sp³-hybridized carbons (Fsp3) is 0.267. The van der Waals surface area contributed by atoms with E-state index in [1.807, 2.05) is 12.1 Å². The van der Waals surface area contributed by atoms with Crippen molar-refractivity contribution >= 4 is 0 Å². The number of hydrogen-bond acceptors (Lipinski definition) is 2. The molecule has 2 aromatic rings. The molecule has 0 bridgehead atoms. The van der Waals surface area contributed by atoms with Crippen LogP contribution in [-0.4, -0.2) is 16.2 Å². The second-order valence-electron chi connectivity index (χ2n) is 4.67. The summed E-state index contributed by atoms with van der Waals surface area (Å²) in [5, 5.41) is 10.2. The van der Waals surface area contributed by atoms with E-state index < -0.39 is 6.10 Å². The van der Waals surface area contributed by atoms with E-state index in [2.05, 4.69) is 4.98 Å². The van der Waals surface area contributed by atoms with Gasteiger partial charge < -0.3 is 5.11 Å². The topological polar surface area (TPSA) is 33.1 Å². The van der Waals surface area contributed by atoms with Crippen molar-refractivity contribution in [3.05, 3.63) is 65.2 Å². The Balaban J connectivity index is 2.07. The van der Waals surface area contributed by atoms with Crippen molar-refractivity contribution in [3.63, 3.8) is 0 Å². The number of hydrogen-bond donors (Lipinski definition) is 1. The van der Waals surface area contributed by atoms with Crippen LogP contribution >= 0.6 is 0 Å².